The maximum absolute atomic E-state index is 6.44. The molecule has 0 aliphatic heterocycles. The van der Waals surface area contributed by atoms with Gasteiger partial charge in [-0.3, -0.25) is 0 Å². The van der Waals surface area contributed by atoms with Crippen molar-refractivity contribution >= 4 is 27.3 Å². The zero-order valence-electron chi connectivity index (χ0n) is 9.00. The average Bonchev–Trinajstić information content (AvgIpc) is 2.67. The van der Waals surface area contributed by atoms with Crippen molar-refractivity contribution < 1.29 is 0 Å². The van der Waals surface area contributed by atoms with Crippen molar-refractivity contribution in [2.45, 2.75) is 44.6 Å². The molecule has 0 aromatic carbocycles. The third-order valence-electron chi connectivity index (χ3n) is 3.48. The van der Waals surface area contributed by atoms with Crippen molar-refractivity contribution in [2.24, 2.45) is 11.7 Å². The molecule has 1 heterocycles. The van der Waals surface area contributed by atoms with Crippen LogP contribution in [0.5, 0.6) is 0 Å². The minimum absolute atomic E-state index is 0.150. The molecule has 15 heavy (non-hydrogen) atoms. The molecule has 2 nitrogen and oxygen atoms in total. The van der Waals surface area contributed by atoms with Crippen LogP contribution in [0.3, 0.4) is 0 Å². The fourth-order valence-electron chi connectivity index (χ4n) is 2.30. The predicted molar refractivity (Wildman–Crippen MR) is 67.9 cm³/mol. The third-order valence-corrected chi connectivity index (χ3v) is 5.17. The molecule has 1 saturated carbocycles. The summed E-state index contributed by atoms with van der Waals surface area (Å²) in [4.78, 5) is 4.41. The number of nitrogens with two attached hydrogens (primary N) is 1. The van der Waals surface area contributed by atoms with Crippen LogP contribution in [0.25, 0.3) is 0 Å². The lowest BCUT2D eigenvalue weighted by molar-refractivity contribution is 0.231. The lowest BCUT2D eigenvalue weighted by Crippen LogP contribution is -2.40. The van der Waals surface area contributed by atoms with Gasteiger partial charge < -0.3 is 5.73 Å². The van der Waals surface area contributed by atoms with Gasteiger partial charge >= 0.3 is 0 Å². The molecule has 1 aromatic heterocycles. The van der Waals surface area contributed by atoms with Gasteiger partial charge in [-0.2, -0.15) is 0 Å². The van der Waals surface area contributed by atoms with Crippen molar-refractivity contribution in [2.75, 3.05) is 0 Å². The molecule has 1 aliphatic carbocycles. The second kappa shape index (κ2) is 4.52. The molecule has 4 heteroatoms. The minimum Gasteiger partial charge on any atom is -0.319 e. The predicted octanol–water partition coefficient (Wildman–Crippen LogP) is 3.66. The molecule has 2 N–H and O–H groups in total. The maximum atomic E-state index is 6.44. The first-order valence-electron chi connectivity index (χ1n) is 5.55. The highest BCUT2D eigenvalue weighted by Crippen LogP contribution is 2.40. The highest BCUT2D eigenvalue weighted by molar-refractivity contribution is 9.11. The molecule has 0 saturated heterocycles. The van der Waals surface area contributed by atoms with E-state index in [1.54, 1.807) is 11.3 Å². The van der Waals surface area contributed by atoms with Crippen molar-refractivity contribution in [3.63, 3.8) is 0 Å². The van der Waals surface area contributed by atoms with Crippen LogP contribution < -0.4 is 5.73 Å². The Morgan fingerprint density at radius 2 is 2.27 bits per heavy atom. The summed E-state index contributed by atoms with van der Waals surface area (Å²) >= 11 is 5.13. The van der Waals surface area contributed by atoms with E-state index in [1.807, 2.05) is 6.20 Å². The summed E-state index contributed by atoms with van der Waals surface area (Å²) in [6.45, 7) is 2.27. The molecular weight excluding hydrogens is 272 g/mol. The van der Waals surface area contributed by atoms with Gasteiger partial charge in [-0.25, -0.2) is 4.98 Å². The van der Waals surface area contributed by atoms with E-state index in [0.717, 1.165) is 27.6 Å². The number of hydrogen-bond acceptors (Lipinski definition) is 3. The maximum Gasteiger partial charge on any atom is 0.114 e. The number of thiazole rings is 1. The molecule has 0 amide bonds. The van der Waals surface area contributed by atoms with Crippen molar-refractivity contribution in [3.8, 4) is 0 Å². The van der Waals surface area contributed by atoms with Crippen LogP contribution in [0.1, 0.15) is 44.0 Å². The molecule has 0 atom stereocenters. The summed E-state index contributed by atoms with van der Waals surface area (Å²) in [5.74, 6) is 0.880. The first kappa shape index (κ1) is 11.6. The Hall–Kier alpha value is 0.0700. The largest absolute Gasteiger partial charge is 0.319 e. The van der Waals surface area contributed by atoms with E-state index < -0.39 is 0 Å². The molecular formula is C11H17BrN2S. The summed E-state index contributed by atoms with van der Waals surface area (Å²) in [5.41, 5.74) is 6.29. The summed E-state index contributed by atoms with van der Waals surface area (Å²) in [7, 11) is 0. The molecule has 0 bridgehead atoms. The van der Waals surface area contributed by atoms with Gasteiger partial charge in [-0.1, -0.05) is 13.3 Å². The van der Waals surface area contributed by atoms with Crippen LogP contribution in [-0.2, 0) is 5.54 Å². The Kier molecular flexibility index (Phi) is 3.48. The molecule has 1 aromatic rings. The first-order chi connectivity index (χ1) is 7.14. The van der Waals surface area contributed by atoms with Crippen molar-refractivity contribution in [1.82, 2.24) is 4.98 Å². The number of nitrogens with zero attached hydrogens (tertiary/aromatic N) is 1. The van der Waals surface area contributed by atoms with Crippen molar-refractivity contribution in [1.29, 1.82) is 0 Å². The topological polar surface area (TPSA) is 38.9 Å². The number of aromatic nitrogens is 1. The molecule has 1 aliphatic rings. The van der Waals surface area contributed by atoms with Crippen LogP contribution in [-0.4, -0.2) is 4.98 Å². The van der Waals surface area contributed by atoms with E-state index >= 15 is 0 Å². The van der Waals surface area contributed by atoms with Crippen LogP contribution >= 0.6 is 27.3 Å². The van der Waals surface area contributed by atoms with Crippen LogP contribution in [0.15, 0.2) is 9.98 Å². The van der Waals surface area contributed by atoms with Crippen molar-refractivity contribution in [3.05, 3.63) is 15.0 Å². The van der Waals surface area contributed by atoms with Gasteiger partial charge in [0.15, 0.2) is 0 Å². The Morgan fingerprint density at radius 3 is 2.73 bits per heavy atom. The fourth-order valence-corrected chi connectivity index (χ4v) is 3.66. The molecule has 0 unspecified atom stereocenters. The van der Waals surface area contributed by atoms with Crippen LogP contribution in [0.4, 0.5) is 0 Å². The van der Waals surface area contributed by atoms with Gasteiger partial charge in [0.05, 0.1) is 15.5 Å². The minimum atomic E-state index is -0.150. The smallest absolute Gasteiger partial charge is 0.114 e. The Balaban J connectivity index is 2.09. The third kappa shape index (κ3) is 2.43. The lowest BCUT2D eigenvalue weighted by atomic mass is 9.76. The van der Waals surface area contributed by atoms with Gasteiger partial charge in [-0.15, -0.1) is 11.3 Å². The Bertz CT molecular complexity index is 329. The number of halogens is 1. The highest BCUT2D eigenvalue weighted by Gasteiger charge is 2.34. The molecule has 2 rings (SSSR count). The lowest BCUT2D eigenvalue weighted by Gasteiger charge is -2.35. The van der Waals surface area contributed by atoms with E-state index in [0.29, 0.717) is 0 Å². The summed E-state index contributed by atoms with van der Waals surface area (Å²) in [6.07, 6.45) is 7.84. The summed E-state index contributed by atoms with van der Waals surface area (Å²) < 4.78 is 1.08. The van der Waals surface area contributed by atoms with Gasteiger partial charge in [-0.05, 0) is 47.5 Å². The Morgan fingerprint density at radius 1 is 1.60 bits per heavy atom. The van der Waals surface area contributed by atoms with Gasteiger partial charge in [0.25, 0.3) is 0 Å². The molecule has 1 fully saturated rings. The van der Waals surface area contributed by atoms with Crippen LogP contribution in [0.2, 0.25) is 0 Å². The average molecular weight is 289 g/mol. The van der Waals surface area contributed by atoms with E-state index in [1.165, 1.54) is 19.3 Å². The molecule has 0 radical (unpaired) electrons. The van der Waals surface area contributed by atoms with Gasteiger partial charge in [0, 0.05) is 0 Å². The van der Waals surface area contributed by atoms with E-state index in [2.05, 4.69) is 27.8 Å². The van der Waals surface area contributed by atoms with Gasteiger partial charge in [0.2, 0.25) is 0 Å². The summed E-state index contributed by atoms with van der Waals surface area (Å²) in [5, 5.41) is 1.10. The second-order valence-electron chi connectivity index (χ2n) is 4.48. The first-order valence-corrected chi connectivity index (χ1v) is 7.15. The monoisotopic (exact) mass is 288 g/mol. The summed E-state index contributed by atoms with van der Waals surface area (Å²) in [6, 6.07) is 0. The zero-order chi connectivity index (χ0) is 10.9. The second-order valence-corrected chi connectivity index (χ2v) is 6.89. The highest BCUT2D eigenvalue weighted by atomic mass is 79.9. The normalized spacial score (nSPS) is 31.8. The van der Waals surface area contributed by atoms with E-state index in [4.69, 9.17) is 5.73 Å². The SMILES string of the molecule is CCC1CCC(N)(c2ncc(Br)s2)CC1. The fraction of sp³-hybridized carbons (Fsp3) is 0.727. The number of rotatable bonds is 2. The van der Waals surface area contributed by atoms with Gasteiger partial charge in [0.1, 0.15) is 5.01 Å². The van der Waals surface area contributed by atoms with Crippen LogP contribution in [0, 0.1) is 5.92 Å². The molecule has 0 spiro atoms. The van der Waals surface area contributed by atoms with E-state index in [-0.39, 0.29) is 5.54 Å². The Labute approximate surface area is 103 Å². The van der Waals surface area contributed by atoms with E-state index in [9.17, 15) is 0 Å². The standard InChI is InChI=1S/C11H17BrN2S/c1-2-8-3-5-11(13,6-4-8)10-14-7-9(12)15-10/h7-8H,2-6,13H2,1H3. The number of hydrogen-bond donors (Lipinski definition) is 1. The molecule has 84 valence electrons. The quantitative estimate of drug-likeness (QED) is 0.902. The zero-order valence-corrected chi connectivity index (χ0v) is 11.4.